The van der Waals surface area contributed by atoms with Gasteiger partial charge in [-0.1, -0.05) is 35.9 Å². The van der Waals surface area contributed by atoms with Gasteiger partial charge < -0.3 is 9.80 Å². The Morgan fingerprint density at radius 2 is 1.77 bits per heavy atom. The number of para-hydroxylation sites is 1. The number of likely N-dealkylation sites (N-methyl/N-ethyl adjacent to an activating group) is 1. The molecule has 30 heavy (non-hydrogen) atoms. The summed E-state index contributed by atoms with van der Waals surface area (Å²) in [5, 5.41) is 1.65. The number of thiophene rings is 1. The van der Waals surface area contributed by atoms with Gasteiger partial charge in [-0.05, 0) is 42.1 Å². The number of rotatable bonds is 4. The second-order valence-electron chi connectivity index (χ2n) is 7.36. The van der Waals surface area contributed by atoms with Crippen molar-refractivity contribution in [3.8, 4) is 0 Å². The summed E-state index contributed by atoms with van der Waals surface area (Å²) in [6.07, 6.45) is 0. The highest BCUT2D eigenvalue weighted by atomic mass is 32.2. The average molecular weight is 442 g/mol. The zero-order chi connectivity index (χ0) is 21.3. The molecule has 0 atom stereocenters. The lowest BCUT2D eigenvalue weighted by atomic mass is 10.1. The predicted molar refractivity (Wildman–Crippen MR) is 121 cm³/mol. The fourth-order valence-electron chi connectivity index (χ4n) is 3.51. The van der Waals surface area contributed by atoms with E-state index in [0.29, 0.717) is 25.3 Å². The van der Waals surface area contributed by atoms with Gasteiger partial charge in [0, 0.05) is 38.1 Å². The van der Waals surface area contributed by atoms with Gasteiger partial charge in [0.05, 0.1) is 0 Å². The average Bonchev–Trinajstić information content (AvgIpc) is 3.17. The first-order valence-corrected chi connectivity index (χ1v) is 12.0. The lowest BCUT2D eigenvalue weighted by Gasteiger charge is -2.21. The van der Waals surface area contributed by atoms with Crippen LogP contribution in [0.25, 0.3) is 0 Å². The van der Waals surface area contributed by atoms with Crippen LogP contribution in [0.15, 0.2) is 64.9 Å². The number of fused-ring (bicyclic) bond motifs is 1. The van der Waals surface area contributed by atoms with E-state index < -0.39 is 10.0 Å². The molecule has 1 aliphatic rings. The van der Waals surface area contributed by atoms with Gasteiger partial charge in [0.25, 0.3) is 15.9 Å². The van der Waals surface area contributed by atoms with Gasteiger partial charge in [-0.25, -0.2) is 8.42 Å². The summed E-state index contributed by atoms with van der Waals surface area (Å²) in [5.41, 5.74) is 3.64. The molecule has 0 bridgehead atoms. The third-order valence-electron chi connectivity index (χ3n) is 5.17. The van der Waals surface area contributed by atoms with E-state index >= 15 is 0 Å². The van der Waals surface area contributed by atoms with Gasteiger partial charge in [-0.3, -0.25) is 9.52 Å². The van der Waals surface area contributed by atoms with E-state index in [4.69, 9.17) is 0 Å². The van der Waals surface area contributed by atoms with Crippen molar-refractivity contribution in [2.45, 2.75) is 18.4 Å². The Labute approximate surface area is 180 Å². The van der Waals surface area contributed by atoms with Gasteiger partial charge in [0.2, 0.25) is 0 Å². The number of anilines is 2. The summed E-state index contributed by atoms with van der Waals surface area (Å²) in [5.74, 6) is -0.264. The molecular weight excluding hydrogens is 418 g/mol. The molecule has 0 fully saturated rings. The second-order valence-corrected chi connectivity index (χ2v) is 9.93. The molecule has 1 amide bonds. The number of carbonyl (C=O) groups is 1. The molecule has 0 saturated heterocycles. The van der Waals surface area contributed by atoms with E-state index in [9.17, 15) is 13.2 Å². The number of nitrogens with zero attached hydrogens (tertiary/aromatic N) is 2. The molecule has 0 aliphatic carbocycles. The van der Waals surface area contributed by atoms with Crippen molar-refractivity contribution in [2.24, 2.45) is 0 Å². The number of sulfonamides is 1. The number of hydrogen-bond acceptors (Lipinski definition) is 5. The Bertz CT molecular complexity index is 1170. The number of amides is 1. The van der Waals surface area contributed by atoms with Crippen LogP contribution in [-0.4, -0.2) is 39.4 Å². The number of nitrogens with one attached hydrogen (secondary N) is 1. The molecule has 4 rings (SSSR count). The normalized spacial score (nSPS) is 14.2. The van der Waals surface area contributed by atoms with E-state index in [1.807, 2.05) is 50.4 Å². The summed E-state index contributed by atoms with van der Waals surface area (Å²) in [6, 6.07) is 16.6. The SMILES string of the molecule is Cc1ccc(NS(=O)(=O)c2ccsc2C(=O)N2CCN(C)c3ccccc3C2)cc1. The monoisotopic (exact) mass is 441 g/mol. The fraction of sp³-hybridized carbons (Fsp3) is 0.227. The van der Waals surface area contributed by atoms with Crippen LogP contribution in [0.2, 0.25) is 0 Å². The first-order chi connectivity index (χ1) is 14.3. The molecule has 3 aromatic rings. The molecular formula is C22H23N3O3S2. The molecule has 0 saturated carbocycles. The predicted octanol–water partition coefficient (Wildman–Crippen LogP) is 3.95. The van der Waals surface area contributed by atoms with Gasteiger partial charge in [0.15, 0.2) is 0 Å². The summed E-state index contributed by atoms with van der Waals surface area (Å²) >= 11 is 1.16. The molecule has 1 aliphatic heterocycles. The van der Waals surface area contributed by atoms with Crippen molar-refractivity contribution in [1.29, 1.82) is 0 Å². The highest BCUT2D eigenvalue weighted by Crippen LogP contribution is 2.29. The molecule has 0 spiro atoms. The maximum absolute atomic E-state index is 13.3. The molecule has 1 aromatic heterocycles. The largest absolute Gasteiger partial charge is 0.373 e. The number of hydrogen-bond donors (Lipinski definition) is 1. The molecule has 6 nitrogen and oxygen atoms in total. The van der Waals surface area contributed by atoms with E-state index in [1.165, 1.54) is 6.07 Å². The maximum Gasteiger partial charge on any atom is 0.265 e. The van der Waals surface area contributed by atoms with Gasteiger partial charge in [-0.15, -0.1) is 11.3 Å². The number of aryl methyl sites for hydroxylation is 1. The van der Waals surface area contributed by atoms with Gasteiger partial charge in [0.1, 0.15) is 9.77 Å². The van der Waals surface area contributed by atoms with Crippen LogP contribution in [-0.2, 0) is 16.6 Å². The molecule has 2 heterocycles. The van der Waals surface area contributed by atoms with Crippen LogP contribution in [0, 0.1) is 6.92 Å². The van der Waals surface area contributed by atoms with Gasteiger partial charge >= 0.3 is 0 Å². The Balaban J connectivity index is 1.61. The zero-order valence-electron chi connectivity index (χ0n) is 16.8. The molecule has 0 radical (unpaired) electrons. The summed E-state index contributed by atoms with van der Waals surface area (Å²) in [4.78, 5) is 17.4. The summed E-state index contributed by atoms with van der Waals surface area (Å²) in [7, 11) is -1.88. The quantitative estimate of drug-likeness (QED) is 0.666. The van der Waals surface area contributed by atoms with Crippen molar-refractivity contribution in [2.75, 3.05) is 29.8 Å². The minimum absolute atomic E-state index is 0.0176. The smallest absolute Gasteiger partial charge is 0.265 e. The number of benzene rings is 2. The van der Waals surface area contributed by atoms with Crippen LogP contribution in [0.1, 0.15) is 20.8 Å². The van der Waals surface area contributed by atoms with E-state index in [0.717, 1.165) is 28.2 Å². The summed E-state index contributed by atoms with van der Waals surface area (Å²) in [6.45, 7) is 3.58. The Morgan fingerprint density at radius 1 is 1.03 bits per heavy atom. The summed E-state index contributed by atoms with van der Waals surface area (Å²) < 4.78 is 28.6. The third-order valence-corrected chi connectivity index (χ3v) is 7.63. The second kappa shape index (κ2) is 8.12. The first kappa shape index (κ1) is 20.4. The highest BCUT2D eigenvalue weighted by Gasteiger charge is 2.29. The Morgan fingerprint density at radius 3 is 2.53 bits per heavy atom. The molecule has 0 unspecified atom stereocenters. The van der Waals surface area contributed by atoms with E-state index in [1.54, 1.807) is 22.4 Å². The van der Waals surface area contributed by atoms with Crippen molar-refractivity contribution >= 4 is 38.6 Å². The molecule has 1 N–H and O–H groups in total. The molecule has 2 aromatic carbocycles. The van der Waals surface area contributed by atoms with E-state index in [2.05, 4.69) is 9.62 Å². The lowest BCUT2D eigenvalue weighted by molar-refractivity contribution is 0.0753. The van der Waals surface area contributed by atoms with Crippen LogP contribution in [0.4, 0.5) is 11.4 Å². The van der Waals surface area contributed by atoms with Crippen LogP contribution < -0.4 is 9.62 Å². The lowest BCUT2D eigenvalue weighted by Crippen LogP contribution is -2.34. The topological polar surface area (TPSA) is 69.7 Å². The third kappa shape index (κ3) is 4.06. The Kier molecular flexibility index (Phi) is 5.53. The first-order valence-electron chi connectivity index (χ1n) is 9.60. The van der Waals surface area contributed by atoms with Crippen molar-refractivity contribution in [1.82, 2.24) is 4.90 Å². The Hall–Kier alpha value is -2.84. The minimum atomic E-state index is -3.88. The minimum Gasteiger partial charge on any atom is -0.373 e. The molecule has 156 valence electrons. The fourth-order valence-corrected chi connectivity index (χ4v) is 5.96. The molecule has 8 heteroatoms. The standard InChI is InChI=1S/C22H23N3O3S2/c1-16-7-9-18(10-8-16)23-30(27,28)20-11-14-29-21(20)22(26)25-13-12-24(2)19-6-4-3-5-17(19)15-25/h3-11,14,23H,12-13,15H2,1-2H3. The van der Waals surface area contributed by atoms with Crippen LogP contribution in [0.5, 0.6) is 0 Å². The van der Waals surface area contributed by atoms with Gasteiger partial charge in [-0.2, -0.15) is 0 Å². The zero-order valence-corrected chi connectivity index (χ0v) is 18.5. The van der Waals surface area contributed by atoms with Crippen LogP contribution >= 0.6 is 11.3 Å². The van der Waals surface area contributed by atoms with Crippen molar-refractivity contribution in [3.05, 3.63) is 76.0 Å². The van der Waals surface area contributed by atoms with Crippen molar-refractivity contribution in [3.63, 3.8) is 0 Å². The number of carbonyl (C=O) groups excluding carboxylic acids is 1. The van der Waals surface area contributed by atoms with Crippen molar-refractivity contribution < 1.29 is 13.2 Å². The van der Waals surface area contributed by atoms with Crippen LogP contribution in [0.3, 0.4) is 0 Å². The van der Waals surface area contributed by atoms with E-state index in [-0.39, 0.29) is 15.7 Å². The maximum atomic E-state index is 13.3. The highest BCUT2D eigenvalue weighted by molar-refractivity contribution is 7.93.